The Hall–Kier alpha value is -1.07. The molecule has 0 saturated heterocycles. The van der Waals surface area contributed by atoms with E-state index in [1.165, 1.54) is 0 Å². The fraction of sp³-hybridized carbons (Fsp3) is 0.538. The van der Waals surface area contributed by atoms with Crippen LogP contribution in [0.25, 0.3) is 0 Å². The number of hydrogen-bond acceptors (Lipinski definition) is 5. The summed E-state index contributed by atoms with van der Waals surface area (Å²) in [5.74, 6) is 2.64. The van der Waals surface area contributed by atoms with E-state index >= 15 is 0 Å². The van der Waals surface area contributed by atoms with E-state index in [1.807, 2.05) is 30.0 Å². The number of nitrogens with two attached hydrogens (primary N) is 1. The van der Waals surface area contributed by atoms with Gasteiger partial charge in [-0.3, -0.25) is 0 Å². The third kappa shape index (κ3) is 4.66. The van der Waals surface area contributed by atoms with Crippen molar-refractivity contribution in [2.75, 3.05) is 38.1 Å². The van der Waals surface area contributed by atoms with Crippen molar-refractivity contribution >= 4 is 17.4 Å². The molecule has 1 aromatic rings. The van der Waals surface area contributed by atoms with Crippen LogP contribution >= 0.6 is 11.8 Å². The summed E-state index contributed by atoms with van der Waals surface area (Å²) in [5, 5.41) is 3.31. The molecule has 4 nitrogen and oxygen atoms in total. The molecule has 0 bridgehead atoms. The summed E-state index contributed by atoms with van der Waals surface area (Å²) < 4.78 is 10.5. The van der Waals surface area contributed by atoms with Crippen LogP contribution in [0.2, 0.25) is 0 Å². The van der Waals surface area contributed by atoms with Crippen molar-refractivity contribution < 1.29 is 9.47 Å². The van der Waals surface area contributed by atoms with Crippen molar-refractivity contribution in [3.05, 3.63) is 18.2 Å². The molecule has 0 aliphatic carbocycles. The Labute approximate surface area is 113 Å². The molecule has 18 heavy (non-hydrogen) atoms. The minimum Gasteiger partial charge on any atom is -0.497 e. The number of thioether (sulfide) groups is 1. The molecular weight excluding hydrogens is 248 g/mol. The van der Waals surface area contributed by atoms with Crippen molar-refractivity contribution in [1.82, 2.24) is 0 Å². The van der Waals surface area contributed by atoms with Gasteiger partial charge in [-0.25, -0.2) is 0 Å². The van der Waals surface area contributed by atoms with Gasteiger partial charge < -0.3 is 20.5 Å². The second kappa shape index (κ2) is 8.11. The van der Waals surface area contributed by atoms with Crippen LogP contribution in [-0.4, -0.2) is 38.8 Å². The van der Waals surface area contributed by atoms with Crippen molar-refractivity contribution in [2.24, 2.45) is 5.73 Å². The number of benzene rings is 1. The second-order valence-corrected chi connectivity index (χ2v) is 4.97. The Morgan fingerprint density at radius 2 is 2.11 bits per heavy atom. The lowest BCUT2D eigenvalue weighted by Gasteiger charge is -2.16. The highest BCUT2D eigenvalue weighted by molar-refractivity contribution is 7.98. The number of methoxy groups -OCH3 is 2. The van der Waals surface area contributed by atoms with Gasteiger partial charge in [0.1, 0.15) is 11.5 Å². The van der Waals surface area contributed by atoms with Crippen molar-refractivity contribution in [1.29, 1.82) is 0 Å². The molecule has 3 N–H and O–H groups in total. The molecule has 102 valence electrons. The molecule has 1 aromatic carbocycles. The van der Waals surface area contributed by atoms with Crippen LogP contribution in [0.4, 0.5) is 5.69 Å². The third-order valence-corrected chi connectivity index (χ3v) is 3.30. The highest BCUT2D eigenvalue weighted by atomic mass is 32.2. The predicted molar refractivity (Wildman–Crippen MR) is 79.0 cm³/mol. The van der Waals surface area contributed by atoms with Gasteiger partial charge in [-0.1, -0.05) is 0 Å². The summed E-state index contributed by atoms with van der Waals surface area (Å²) in [5.41, 5.74) is 6.96. The van der Waals surface area contributed by atoms with Crippen LogP contribution in [0, 0.1) is 0 Å². The monoisotopic (exact) mass is 270 g/mol. The molecule has 0 aliphatic heterocycles. The summed E-state index contributed by atoms with van der Waals surface area (Å²) in [6, 6.07) is 5.86. The molecule has 0 spiro atoms. The quantitative estimate of drug-likeness (QED) is 0.758. The molecular formula is C13H22N2O2S. The zero-order valence-electron chi connectivity index (χ0n) is 11.2. The minimum absolute atomic E-state index is 0.157. The average Bonchev–Trinajstić information content (AvgIpc) is 2.42. The lowest BCUT2D eigenvalue weighted by atomic mass is 10.2. The fourth-order valence-corrected chi connectivity index (χ4v) is 2.10. The van der Waals surface area contributed by atoms with Crippen LogP contribution in [0.15, 0.2) is 18.2 Å². The zero-order chi connectivity index (χ0) is 13.4. The number of ether oxygens (including phenoxy) is 2. The fourth-order valence-electron chi connectivity index (χ4n) is 1.56. The van der Waals surface area contributed by atoms with Crippen LogP contribution in [0.5, 0.6) is 11.5 Å². The Bertz CT molecular complexity index is 361. The number of nitrogens with one attached hydrogen (secondary N) is 1. The van der Waals surface area contributed by atoms with E-state index in [9.17, 15) is 0 Å². The molecule has 0 aliphatic rings. The van der Waals surface area contributed by atoms with Crippen LogP contribution < -0.4 is 20.5 Å². The van der Waals surface area contributed by atoms with Crippen molar-refractivity contribution in [2.45, 2.75) is 12.5 Å². The molecule has 0 unspecified atom stereocenters. The molecule has 0 saturated carbocycles. The van der Waals surface area contributed by atoms with E-state index < -0.39 is 0 Å². The highest BCUT2D eigenvalue weighted by Gasteiger charge is 2.07. The first-order valence-electron chi connectivity index (χ1n) is 5.91. The predicted octanol–water partition coefficient (Wildman–Crippen LogP) is 2.20. The maximum atomic E-state index is 6.01. The maximum Gasteiger partial charge on any atom is 0.145 e. The zero-order valence-corrected chi connectivity index (χ0v) is 12.0. The molecule has 0 amide bonds. The lowest BCUT2D eigenvalue weighted by Crippen LogP contribution is -2.29. The van der Waals surface area contributed by atoms with Crippen molar-refractivity contribution in [3.63, 3.8) is 0 Å². The van der Waals surface area contributed by atoms with E-state index in [1.54, 1.807) is 14.2 Å². The van der Waals surface area contributed by atoms with Crippen LogP contribution in [0.1, 0.15) is 6.42 Å². The molecule has 0 radical (unpaired) electrons. The van der Waals surface area contributed by atoms with Gasteiger partial charge in [0.2, 0.25) is 0 Å². The SMILES string of the molecule is COc1ccc(NC[C@@H](N)CCSC)c(OC)c1. The van der Waals surface area contributed by atoms with E-state index in [-0.39, 0.29) is 6.04 Å². The molecule has 0 aromatic heterocycles. The van der Waals surface area contributed by atoms with E-state index in [2.05, 4.69) is 11.6 Å². The van der Waals surface area contributed by atoms with Crippen LogP contribution in [-0.2, 0) is 0 Å². The lowest BCUT2D eigenvalue weighted by molar-refractivity contribution is 0.395. The number of anilines is 1. The Morgan fingerprint density at radius 3 is 2.72 bits per heavy atom. The summed E-state index contributed by atoms with van der Waals surface area (Å²) in [7, 11) is 3.29. The number of hydrogen-bond donors (Lipinski definition) is 2. The average molecular weight is 270 g/mol. The van der Waals surface area contributed by atoms with Gasteiger partial charge in [-0.15, -0.1) is 0 Å². The maximum absolute atomic E-state index is 6.01. The smallest absolute Gasteiger partial charge is 0.145 e. The molecule has 1 atom stereocenters. The van der Waals surface area contributed by atoms with Gasteiger partial charge >= 0.3 is 0 Å². The first kappa shape index (κ1) is 15.0. The first-order valence-corrected chi connectivity index (χ1v) is 7.31. The topological polar surface area (TPSA) is 56.5 Å². The third-order valence-electron chi connectivity index (χ3n) is 2.66. The van der Waals surface area contributed by atoms with Gasteiger partial charge in [-0.2, -0.15) is 11.8 Å². The van der Waals surface area contributed by atoms with E-state index in [0.717, 1.165) is 35.9 Å². The van der Waals surface area contributed by atoms with Gasteiger partial charge in [0.15, 0.2) is 0 Å². The highest BCUT2D eigenvalue weighted by Crippen LogP contribution is 2.28. The summed E-state index contributed by atoms with van der Waals surface area (Å²) >= 11 is 1.82. The van der Waals surface area contributed by atoms with Gasteiger partial charge in [0.25, 0.3) is 0 Å². The second-order valence-electron chi connectivity index (χ2n) is 3.99. The standard InChI is InChI=1S/C13H22N2O2S/c1-16-11-4-5-12(13(8-11)17-2)15-9-10(14)6-7-18-3/h4-5,8,10,15H,6-7,9,14H2,1-3H3/t10-/m0/s1. The number of rotatable bonds is 8. The Balaban J connectivity index is 2.55. The largest absolute Gasteiger partial charge is 0.497 e. The normalized spacial score (nSPS) is 12.0. The summed E-state index contributed by atoms with van der Waals surface area (Å²) in [6.07, 6.45) is 3.10. The first-order chi connectivity index (χ1) is 8.71. The Morgan fingerprint density at radius 1 is 1.33 bits per heavy atom. The molecule has 5 heteroatoms. The Kier molecular flexibility index (Phi) is 6.75. The van der Waals surface area contributed by atoms with Gasteiger partial charge in [0.05, 0.1) is 19.9 Å². The summed E-state index contributed by atoms with van der Waals surface area (Å²) in [4.78, 5) is 0. The molecule has 0 heterocycles. The minimum atomic E-state index is 0.157. The van der Waals surface area contributed by atoms with Gasteiger partial charge in [0, 0.05) is 18.7 Å². The summed E-state index contributed by atoms with van der Waals surface area (Å²) in [6.45, 7) is 0.739. The van der Waals surface area contributed by atoms with Crippen LogP contribution in [0.3, 0.4) is 0 Å². The van der Waals surface area contributed by atoms with Crippen molar-refractivity contribution in [3.8, 4) is 11.5 Å². The molecule has 0 fully saturated rings. The van der Waals surface area contributed by atoms with Gasteiger partial charge in [-0.05, 0) is 30.6 Å². The molecule has 1 rings (SSSR count). The van der Waals surface area contributed by atoms with E-state index in [0.29, 0.717) is 0 Å². The van der Waals surface area contributed by atoms with E-state index in [4.69, 9.17) is 15.2 Å².